The highest BCUT2D eigenvalue weighted by Gasteiger charge is 2.05. The standard InChI is InChI=1S/C9H11NO3/c1-7(11)12-8(2)13-9-4-3-5-10-6-9/h3-6,8H,1-2H3. The molecule has 1 aromatic rings. The lowest BCUT2D eigenvalue weighted by Crippen LogP contribution is -2.18. The van der Waals surface area contributed by atoms with Gasteiger partial charge in [-0.15, -0.1) is 0 Å². The summed E-state index contributed by atoms with van der Waals surface area (Å²) in [6, 6.07) is 3.49. The summed E-state index contributed by atoms with van der Waals surface area (Å²) in [6.07, 6.45) is 2.62. The van der Waals surface area contributed by atoms with E-state index in [-0.39, 0.29) is 5.97 Å². The number of hydrogen-bond donors (Lipinski definition) is 0. The van der Waals surface area contributed by atoms with Gasteiger partial charge in [-0.25, -0.2) is 0 Å². The van der Waals surface area contributed by atoms with Gasteiger partial charge in [-0.3, -0.25) is 9.78 Å². The van der Waals surface area contributed by atoms with Gasteiger partial charge in [0.15, 0.2) is 0 Å². The number of carbonyl (C=O) groups is 1. The van der Waals surface area contributed by atoms with Crippen LogP contribution in [0.1, 0.15) is 13.8 Å². The van der Waals surface area contributed by atoms with Crippen molar-refractivity contribution in [3.8, 4) is 5.75 Å². The Bertz CT molecular complexity index is 273. The van der Waals surface area contributed by atoms with E-state index < -0.39 is 6.29 Å². The second-order valence-corrected chi connectivity index (χ2v) is 2.48. The number of aromatic nitrogens is 1. The molecule has 1 aromatic heterocycles. The first-order valence-electron chi connectivity index (χ1n) is 3.92. The number of rotatable bonds is 3. The molecule has 1 rings (SSSR count). The maximum atomic E-state index is 10.5. The lowest BCUT2D eigenvalue weighted by Gasteiger charge is -2.13. The normalized spacial score (nSPS) is 11.8. The Labute approximate surface area is 76.5 Å². The predicted octanol–water partition coefficient (Wildman–Crippen LogP) is 1.37. The predicted molar refractivity (Wildman–Crippen MR) is 46.1 cm³/mol. The molecule has 1 unspecified atom stereocenters. The van der Waals surface area contributed by atoms with E-state index in [2.05, 4.69) is 4.98 Å². The average Bonchev–Trinajstić information content (AvgIpc) is 2.04. The Morgan fingerprint density at radius 2 is 2.38 bits per heavy atom. The molecule has 0 N–H and O–H groups in total. The fourth-order valence-electron chi connectivity index (χ4n) is 0.866. The third kappa shape index (κ3) is 3.55. The Kier molecular flexibility index (Phi) is 3.25. The van der Waals surface area contributed by atoms with Crippen LogP contribution in [0.25, 0.3) is 0 Å². The minimum Gasteiger partial charge on any atom is -0.453 e. The molecular weight excluding hydrogens is 170 g/mol. The van der Waals surface area contributed by atoms with Gasteiger partial charge in [-0.1, -0.05) is 0 Å². The van der Waals surface area contributed by atoms with E-state index in [1.807, 2.05) is 0 Å². The van der Waals surface area contributed by atoms with Crippen LogP contribution in [-0.2, 0) is 9.53 Å². The van der Waals surface area contributed by atoms with Crippen LogP contribution in [0, 0.1) is 0 Å². The van der Waals surface area contributed by atoms with Gasteiger partial charge in [-0.2, -0.15) is 0 Å². The molecule has 4 nitrogen and oxygen atoms in total. The summed E-state index contributed by atoms with van der Waals surface area (Å²) in [4.78, 5) is 14.4. The molecule has 13 heavy (non-hydrogen) atoms. The smallest absolute Gasteiger partial charge is 0.305 e. The van der Waals surface area contributed by atoms with E-state index >= 15 is 0 Å². The first-order chi connectivity index (χ1) is 6.18. The topological polar surface area (TPSA) is 48.4 Å². The number of hydrogen-bond acceptors (Lipinski definition) is 4. The van der Waals surface area contributed by atoms with Gasteiger partial charge in [-0.05, 0) is 12.1 Å². The number of esters is 1. The van der Waals surface area contributed by atoms with E-state index in [9.17, 15) is 4.79 Å². The minimum absolute atomic E-state index is 0.364. The van der Waals surface area contributed by atoms with Crippen LogP contribution in [-0.4, -0.2) is 17.2 Å². The molecule has 0 radical (unpaired) electrons. The third-order valence-corrected chi connectivity index (χ3v) is 1.27. The molecule has 70 valence electrons. The van der Waals surface area contributed by atoms with E-state index in [0.29, 0.717) is 5.75 Å². The zero-order chi connectivity index (χ0) is 9.68. The maximum absolute atomic E-state index is 10.5. The van der Waals surface area contributed by atoms with Crippen molar-refractivity contribution in [1.82, 2.24) is 4.98 Å². The SMILES string of the molecule is CC(=O)OC(C)Oc1cccnc1. The third-order valence-electron chi connectivity index (χ3n) is 1.27. The van der Waals surface area contributed by atoms with Crippen LogP contribution in [0.3, 0.4) is 0 Å². The van der Waals surface area contributed by atoms with Gasteiger partial charge in [0.2, 0.25) is 6.29 Å². The zero-order valence-corrected chi connectivity index (χ0v) is 7.56. The molecule has 0 saturated heterocycles. The number of carbonyl (C=O) groups excluding carboxylic acids is 1. The molecule has 0 saturated carbocycles. The molecular formula is C9H11NO3. The van der Waals surface area contributed by atoms with Gasteiger partial charge < -0.3 is 9.47 Å². The van der Waals surface area contributed by atoms with E-state index in [0.717, 1.165) is 0 Å². The molecule has 1 atom stereocenters. The lowest BCUT2D eigenvalue weighted by atomic mass is 10.5. The number of nitrogens with zero attached hydrogens (tertiary/aromatic N) is 1. The molecule has 0 bridgehead atoms. The van der Waals surface area contributed by atoms with Gasteiger partial charge in [0.25, 0.3) is 0 Å². The summed E-state index contributed by atoms with van der Waals surface area (Å²) in [5.74, 6) is 0.215. The van der Waals surface area contributed by atoms with Gasteiger partial charge >= 0.3 is 5.97 Å². The molecule has 0 fully saturated rings. The molecule has 1 heterocycles. The lowest BCUT2D eigenvalue weighted by molar-refractivity contribution is -0.158. The Balaban J connectivity index is 2.45. The summed E-state index contributed by atoms with van der Waals surface area (Å²) in [6.45, 7) is 2.98. The Hall–Kier alpha value is -1.58. The van der Waals surface area contributed by atoms with Gasteiger partial charge in [0.05, 0.1) is 6.20 Å². The van der Waals surface area contributed by atoms with Crippen LogP contribution in [0.2, 0.25) is 0 Å². The summed E-state index contributed by atoms with van der Waals surface area (Å²) in [7, 11) is 0. The highest BCUT2D eigenvalue weighted by Crippen LogP contribution is 2.09. The van der Waals surface area contributed by atoms with Gasteiger partial charge in [0, 0.05) is 20.0 Å². The van der Waals surface area contributed by atoms with Crippen molar-refractivity contribution >= 4 is 5.97 Å². The fourth-order valence-corrected chi connectivity index (χ4v) is 0.866. The van der Waals surface area contributed by atoms with Crippen molar-refractivity contribution in [2.24, 2.45) is 0 Å². The molecule has 0 aliphatic carbocycles. The molecule has 0 spiro atoms. The monoisotopic (exact) mass is 181 g/mol. The average molecular weight is 181 g/mol. The van der Waals surface area contributed by atoms with Crippen LogP contribution in [0.5, 0.6) is 5.75 Å². The molecule has 0 aromatic carbocycles. The Morgan fingerprint density at radius 1 is 1.62 bits per heavy atom. The molecule has 0 aliphatic heterocycles. The fraction of sp³-hybridized carbons (Fsp3) is 0.333. The molecule has 4 heteroatoms. The minimum atomic E-state index is -0.582. The highest BCUT2D eigenvalue weighted by molar-refractivity contribution is 5.66. The van der Waals surface area contributed by atoms with Crippen molar-refractivity contribution in [3.63, 3.8) is 0 Å². The van der Waals surface area contributed by atoms with Crippen molar-refractivity contribution in [1.29, 1.82) is 0 Å². The summed E-state index contributed by atoms with van der Waals surface area (Å²) in [5, 5.41) is 0. The highest BCUT2D eigenvalue weighted by atomic mass is 16.7. The van der Waals surface area contributed by atoms with Crippen LogP contribution in [0.15, 0.2) is 24.5 Å². The first-order valence-corrected chi connectivity index (χ1v) is 3.92. The van der Waals surface area contributed by atoms with Crippen LogP contribution < -0.4 is 4.74 Å². The number of ether oxygens (including phenoxy) is 2. The maximum Gasteiger partial charge on any atom is 0.305 e. The van der Waals surface area contributed by atoms with E-state index in [1.54, 1.807) is 31.5 Å². The largest absolute Gasteiger partial charge is 0.453 e. The van der Waals surface area contributed by atoms with Gasteiger partial charge in [0.1, 0.15) is 5.75 Å². The van der Waals surface area contributed by atoms with Crippen LogP contribution >= 0.6 is 0 Å². The quantitative estimate of drug-likeness (QED) is 0.522. The van der Waals surface area contributed by atoms with Crippen molar-refractivity contribution in [3.05, 3.63) is 24.5 Å². The first kappa shape index (κ1) is 9.51. The number of pyridine rings is 1. The summed E-state index contributed by atoms with van der Waals surface area (Å²) >= 11 is 0. The van der Waals surface area contributed by atoms with E-state index in [1.165, 1.54) is 6.92 Å². The molecule has 0 amide bonds. The van der Waals surface area contributed by atoms with Crippen molar-refractivity contribution < 1.29 is 14.3 Å². The molecule has 0 aliphatic rings. The zero-order valence-electron chi connectivity index (χ0n) is 7.56. The van der Waals surface area contributed by atoms with Crippen molar-refractivity contribution in [2.45, 2.75) is 20.1 Å². The van der Waals surface area contributed by atoms with E-state index in [4.69, 9.17) is 9.47 Å². The van der Waals surface area contributed by atoms with Crippen LogP contribution in [0.4, 0.5) is 0 Å². The summed E-state index contributed by atoms with van der Waals surface area (Å²) < 4.78 is 9.98. The second-order valence-electron chi connectivity index (χ2n) is 2.48. The summed E-state index contributed by atoms with van der Waals surface area (Å²) in [5.41, 5.74) is 0. The Morgan fingerprint density at radius 3 is 2.92 bits per heavy atom. The van der Waals surface area contributed by atoms with Crippen molar-refractivity contribution in [2.75, 3.05) is 0 Å². The second kappa shape index (κ2) is 4.45.